The highest BCUT2D eigenvalue weighted by atomic mass is 19.2. The lowest BCUT2D eigenvalue weighted by Crippen LogP contribution is -2.43. The summed E-state index contributed by atoms with van der Waals surface area (Å²) >= 11 is 0. The molecule has 8 nitrogen and oxygen atoms in total. The topological polar surface area (TPSA) is 110 Å². The van der Waals surface area contributed by atoms with E-state index in [-0.39, 0.29) is 46.6 Å². The van der Waals surface area contributed by atoms with Crippen molar-refractivity contribution in [2.75, 3.05) is 6.54 Å². The second kappa shape index (κ2) is 10.0. The van der Waals surface area contributed by atoms with Crippen LogP contribution in [0.4, 0.5) is 13.2 Å². The van der Waals surface area contributed by atoms with Crippen molar-refractivity contribution in [1.29, 1.82) is 0 Å². The summed E-state index contributed by atoms with van der Waals surface area (Å²) in [5, 5.41) is 30.7. The SMILES string of the molecule is CC(C)(O)c1cc([C@@](O)(CNC(=O)c2cc(OC3CC3)c3nn(C4(F)CC4)cc3c2)C2CC2)nc(-c2ccc(F)cc2)c1F. The van der Waals surface area contributed by atoms with Gasteiger partial charge in [0, 0.05) is 41.1 Å². The summed E-state index contributed by atoms with van der Waals surface area (Å²) in [4.78, 5) is 18.0. The first-order chi connectivity index (χ1) is 20.8. The molecule has 3 aliphatic carbocycles. The van der Waals surface area contributed by atoms with Crippen LogP contribution in [-0.4, -0.2) is 43.5 Å². The van der Waals surface area contributed by atoms with E-state index >= 15 is 4.39 Å². The largest absolute Gasteiger partial charge is 0.488 e. The highest BCUT2D eigenvalue weighted by Crippen LogP contribution is 2.47. The van der Waals surface area contributed by atoms with Crippen LogP contribution in [0.3, 0.4) is 0 Å². The fraction of sp³-hybridized carbons (Fsp3) is 0.424. The Labute approximate surface area is 251 Å². The second-order valence-corrected chi connectivity index (χ2v) is 12.9. The van der Waals surface area contributed by atoms with Gasteiger partial charge in [0.2, 0.25) is 5.79 Å². The van der Waals surface area contributed by atoms with Gasteiger partial charge in [-0.2, -0.15) is 5.10 Å². The summed E-state index contributed by atoms with van der Waals surface area (Å²) in [6.07, 6.45) is 5.44. The molecule has 4 aromatic rings. The monoisotopic (exact) mass is 606 g/mol. The molecule has 11 heteroatoms. The van der Waals surface area contributed by atoms with Crippen LogP contribution in [0.1, 0.15) is 74.0 Å². The number of halogens is 3. The number of amides is 1. The number of nitrogens with one attached hydrogen (secondary N) is 1. The Balaban J connectivity index is 1.22. The van der Waals surface area contributed by atoms with Crippen molar-refractivity contribution >= 4 is 16.8 Å². The van der Waals surface area contributed by atoms with Gasteiger partial charge in [-0.05, 0) is 87.9 Å². The molecular formula is C33H33F3N4O4. The van der Waals surface area contributed by atoms with E-state index in [1.807, 2.05) is 0 Å². The molecule has 2 aromatic heterocycles. The normalized spacial score (nSPS) is 19.1. The third-order valence-electron chi connectivity index (χ3n) is 8.68. The number of alkyl halides is 1. The van der Waals surface area contributed by atoms with Crippen molar-refractivity contribution in [2.45, 2.75) is 75.5 Å². The smallest absolute Gasteiger partial charge is 0.251 e. The van der Waals surface area contributed by atoms with Gasteiger partial charge in [0.1, 0.15) is 28.4 Å². The minimum Gasteiger partial charge on any atom is -0.488 e. The lowest BCUT2D eigenvalue weighted by molar-refractivity contribution is 0.00864. The quantitative estimate of drug-likeness (QED) is 0.217. The van der Waals surface area contributed by atoms with Crippen LogP contribution < -0.4 is 10.1 Å². The summed E-state index contributed by atoms with van der Waals surface area (Å²) < 4.78 is 51.5. The number of hydrogen-bond acceptors (Lipinski definition) is 6. The predicted octanol–water partition coefficient (Wildman–Crippen LogP) is 5.59. The number of hydrogen-bond donors (Lipinski definition) is 3. The third kappa shape index (κ3) is 5.32. The molecule has 0 radical (unpaired) electrons. The standard InChI is InChI=1S/C33H33F3N4O4/c1-31(2,42)24-15-26(38-29(27(24)35)18-3-7-22(34)8-4-18)33(43,21-5-6-21)17-37-30(41)19-13-20-16-40(32(36)11-12-32)39-28(20)25(14-19)44-23-9-10-23/h3-4,7-8,13-16,21,23,42-43H,5-6,9-12,17H2,1-2H3,(H,37,41)/t33-/m1/s1. The number of aliphatic hydroxyl groups is 2. The van der Waals surface area contributed by atoms with Gasteiger partial charge in [-0.15, -0.1) is 0 Å². The van der Waals surface area contributed by atoms with Crippen molar-refractivity contribution in [3.8, 4) is 17.0 Å². The zero-order valence-electron chi connectivity index (χ0n) is 24.4. The maximum atomic E-state index is 15.7. The number of benzene rings is 2. The molecule has 0 unspecified atom stereocenters. The predicted molar refractivity (Wildman–Crippen MR) is 155 cm³/mol. The molecule has 3 fully saturated rings. The van der Waals surface area contributed by atoms with E-state index in [0.717, 1.165) is 12.8 Å². The van der Waals surface area contributed by atoms with E-state index in [1.54, 1.807) is 18.3 Å². The first-order valence-electron chi connectivity index (χ1n) is 14.9. The van der Waals surface area contributed by atoms with E-state index < -0.39 is 34.5 Å². The average molecular weight is 607 g/mol. The fourth-order valence-electron chi connectivity index (χ4n) is 5.54. The Kier molecular flexibility index (Phi) is 6.56. The summed E-state index contributed by atoms with van der Waals surface area (Å²) in [6, 6.07) is 9.65. The minimum absolute atomic E-state index is 0.0201. The van der Waals surface area contributed by atoms with Gasteiger partial charge >= 0.3 is 0 Å². The zero-order valence-corrected chi connectivity index (χ0v) is 24.4. The molecule has 0 bridgehead atoms. The molecule has 0 spiro atoms. The van der Waals surface area contributed by atoms with Crippen LogP contribution in [0.2, 0.25) is 0 Å². The molecule has 3 aliphatic rings. The maximum absolute atomic E-state index is 15.7. The molecular weight excluding hydrogens is 573 g/mol. The van der Waals surface area contributed by atoms with Crippen molar-refractivity contribution in [3.63, 3.8) is 0 Å². The molecule has 2 heterocycles. The molecule has 2 aromatic carbocycles. The van der Waals surface area contributed by atoms with Gasteiger partial charge in [0.25, 0.3) is 5.91 Å². The number of pyridine rings is 1. The van der Waals surface area contributed by atoms with Gasteiger partial charge in [0.15, 0.2) is 5.82 Å². The number of carbonyl (C=O) groups excluding carboxylic acids is 1. The number of rotatable bonds is 10. The zero-order chi connectivity index (χ0) is 31.0. The summed E-state index contributed by atoms with van der Waals surface area (Å²) in [7, 11) is 0. The number of aromatic nitrogens is 3. The van der Waals surface area contributed by atoms with Crippen molar-refractivity contribution < 1.29 is 32.9 Å². The second-order valence-electron chi connectivity index (χ2n) is 12.9. The van der Waals surface area contributed by atoms with Crippen molar-refractivity contribution in [3.05, 3.63) is 77.1 Å². The highest BCUT2D eigenvalue weighted by molar-refractivity contribution is 6.00. The van der Waals surface area contributed by atoms with Crippen molar-refractivity contribution in [2.24, 2.45) is 5.92 Å². The first-order valence-corrected chi connectivity index (χ1v) is 14.9. The Hall–Kier alpha value is -3.96. The average Bonchev–Trinajstić information content (AvgIpc) is 3.87. The number of nitrogens with zero attached hydrogens (tertiary/aromatic N) is 3. The van der Waals surface area contributed by atoms with Crippen LogP contribution in [0.15, 0.2) is 48.7 Å². The molecule has 0 saturated heterocycles. The maximum Gasteiger partial charge on any atom is 0.251 e. The summed E-state index contributed by atoms with van der Waals surface area (Å²) in [5.41, 5.74) is -2.44. The molecule has 7 rings (SSSR count). The number of ether oxygens (including phenoxy) is 1. The molecule has 1 atom stereocenters. The van der Waals surface area contributed by atoms with Crippen LogP contribution in [0.5, 0.6) is 5.75 Å². The number of carbonyl (C=O) groups is 1. The van der Waals surface area contributed by atoms with E-state index in [4.69, 9.17) is 4.74 Å². The summed E-state index contributed by atoms with van der Waals surface area (Å²) in [5.74, 6) is -3.17. The fourth-order valence-corrected chi connectivity index (χ4v) is 5.54. The minimum atomic E-state index is -1.69. The van der Waals surface area contributed by atoms with Gasteiger partial charge < -0.3 is 20.3 Å². The van der Waals surface area contributed by atoms with Crippen molar-refractivity contribution in [1.82, 2.24) is 20.1 Å². The van der Waals surface area contributed by atoms with Gasteiger partial charge in [-0.1, -0.05) is 0 Å². The Bertz CT molecular complexity index is 1770. The van der Waals surface area contributed by atoms with E-state index in [1.165, 1.54) is 48.9 Å². The van der Waals surface area contributed by atoms with Crippen LogP contribution in [-0.2, 0) is 17.0 Å². The molecule has 1 amide bonds. The molecule has 0 aliphatic heterocycles. The van der Waals surface area contributed by atoms with E-state index in [0.29, 0.717) is 42.3 Å². The molecule has 44 heavy (non-hydrogen) atoms. The van der Waals surface area contributed by atoms with Gasteiger partial charge in [-0.3, -0.25) is 4.79 Å². The number of fused-ring (bicyclic) bond motifs is 1. The van der Waals surface area contributed by atoms with Gasteiger partial charge in [0.05, 0.1) is 23.9 Å². The molecule has 3 saturated carbocycles. The lowest BCUT2D eigenvalue weighted by Gasteiger charge is -2.30. The summed E-state index contributed by atoms with van der Waals surface area (Å²) in [6.45, 7) is 2.61. The lowest BCUT2D eigenvalue weighted by atomic mass is 9.87. The Morgan fingerprint density at radius 3 is 2.41 bits per heavy atom. The molecule has 3 N–H and O–H groups in total. The third-order valence-corrected chi connectivity index (χ3v) is 8.68. The van der Waals surface area contributed by atoms with E-state index in [2.05, 4.69) is 15.4 Å². The van der Waals surface area contributed by atoms with E-state index in [9.17, 15) is 23.8 Å². The Morgan fingerprint density at radius 1 is 1.09 bits per heavy atom. The van der Waals surface area contributed by atoms with Gasteiger partial charge in [-0.25, -0.2) is 22.8 Å². The van der Waals surface area contributed by atoms with Crippen LogP contribution in [0.25, 0.3) is 22.2 Å². The Morgan fingerprint density at radius 2 is 1.80 bits per heavy atom. The highest BCUT2D eigenvalue weighted by Gasteiger charge is 2.48. The molecule has 230 valence electrons. The first kappa shape index (κ1) is 28.8. The van der Waals surface area contributed by atoms with Crippen LogP contribution in [0, 0.1) is 17.6 Å². The van der Waals surface area contributed by atoms with Crippen LogP contribution >= 0.6 is 0 Å².